The van der Waals surface area contributed by atoms with E-state index in [1.54, 1.807) is 23.5 Å². The third-order valence-electron chi connectivity index (χ3n) is 7.24. The van der Waals surface area contributed by atoms with Crippen LogP contribution in [-0.2, 0) is 10.0 Å². The molecular formula is C25H37N3O4S2. The van der Waals surface area contributed by atoms with E-state index in [1.165, 1.54) is 39.2 Å². The van der Waals surface area contributed by atoms with Crippen molar-refractivity contribution >= 4 is 26.5 Å². The van der Waals surface area contributed by atoms with Crippen LogP contribution in [0.1, 0.15) is 70.4 Å². The van der Waals surface area contributed by atoms with Crippen LogP contribution in [0, 0.1) is 12.8 Å². The number of nitrogens with zero attached hydrogens (tertiary/aromatic N) is 1. The monoisotopic (exact) mass is 507 g/mol. The number of ether oxygens (including phenoxy) is 1. The Hall–Kier alpha value is -1.68. The van der Waals surface area contributed by atoms with Gasteiger partial charge in [0.2, 0.25) is 10.0 Å². The van der Waals surface area contributed by atoms with Crippen molar-refractivity contribution in [3.05, 3.63) is 23.9 Å². The van der Waals surface area contributed by atoms with E-state index in [2.05, 4.69) is 17.0 Å². The minimum Gasteiger partial charge on any atom is -0.495 e. The molecular weight excluding hydrogens is 470 g/mol. The third-order valence-corrected chi connectivity index (χ3v) is 9.92. The second kappa shape index (κ2) is 10.9. The van der Waals surface area contributed by atoms with E-state index in [4.69, 9.17) is 9.72 Å². The molecule has 188 valence electrons. The maximum absolute atomic E-state index is 13.3. The molecule has 3 N–H and O–H groups in total. The summed E-state index contributed by atoms with van der Waals surface area (Å²) in [5.41, 5.74) is 1.69. The number of aliphatic hydroxyl groups is 1. The number of rotatable bonds is 8. The fraction of sp³-hybridized carbons (Fsp3) is 0.640. The Morgan fingerprint density at radius 3 is 2.50 bits per heavy atom. The number of aryl methyl sites for hydroxylation is 1. The Morgan fingerprint density at radius 2 is 1.82 bits per heavy atom. The van der Waals surface area contributed by atoms with Gasteiger partial charge in [-0.05, 0) is 82.1 Å². The van der Waals surface area contributed by atoms with Gasteiger partial charge in [0.25, 0.3) is 0 Å². The van der Waals surface area contributed by atoms with Crippen LogP contribution in [0.5, 0.6) is 5.75 Å². The molecule has 1 heterocycles. The van der Waals surface area contributed by atoms with Crippen LogP contribution >= 0.6 is 11.3 Å². The summed E-state index contributed by atoms with van der Waals surface area (Å²) in [6.45, 7) is 4.20. The minimum absolute atomic E-state index is 0.136. The van der Waals surface area contributed by atoms with Crippen molar-refractivity contribution in [2.75, 3.05) is 12.4 Å². The summed E-state index contributed by atoms with van der Waals surface area (Å²) in [6, 6.07) is 5.48. The zero-order chi connectivity index (χ0) is 24.3. The van der Waals surface area contributed by atoms with Crippen molar-refractivity contribution in [3.63, 3.8) is 0 Å². The maximum atomic E-state index is 13.3. The van der Waals surface area contributed by atoms with Gasteiger partial charge in [-0.1, -0.05) is 30.6 Å². The van der Waals surface area contributed by atoms with Crippen molar-refractivity contribution in [1.82, 2.24) is 9.71 Å². The smallest absolute Gasteiger partial charge is 0.244 e. The summed E-state index contributed by atoms with van der Waals surface area (Å²) in [5.74, 6) is 0.990. The molecule has 1 unspecified atom stereocenters. The lowest BCUT2D eigenvalue weighted by Crippen LogP contribution is -2.38. The van der Waals surface area contributed by atoms with E-state index in [1.807, 2.05) is 13.0 Å². The third kappa shape index (κ3) is 5.93. The molecule has 2 aliphatic rings. The fourth-order valence-electron chi connectivity index (χ4n) is 5.18. The lowest BCUT2D eigenvalue weighted by molar-refractivity contribution is 0.120. The molecule has 2 saturated carbocycles. The molecule has 7 nitrogen and oxygen atoms in total. The molecule has 4 rings (SSSR count). The molecule has 0 aliphatic heterocycles. The number of nitrogens with one attached hydrogen (secondary N) is 2. The second-order valence-electron chi connectivity index (χ2n) is 9.76. The number of hydrogen-bond acceptors (Lipinski definition) is 7. The van der Waals surface area contributed by atoms with Crippen molar-refractivity contribution in [3.8, 4) is 16.2 Å². The van der Waals surface area contributed by atoms with Gasteiger partial charge in [0.1, 0.15) is 10.6 Å². The van der Waals surface area contributed by atoms with Gasteiger partial charge in [0.15, 0.2) is 5.13 Å². The Kier molecular flexibility index (Phi) is 8.17. The number of aromatic nitrogens is 1. The number of methoxy groups -OCH3 is 1. The van der Waals surface area contributed by atoms with Gasteiger partial charge in [-0.25, -0.2) is 18.1 Å². The molecule has 0 spiro atoms. The normalized spacial score (nSPS) is 22.9. The first kappa shape index (κ1) is 25.4. The average molecular weight is 508 g/mol. The number of hydrogen-bond donors (Lipinski definition) is 3. The van der Waals surface area contributed by atoms with Gasteiger partial charge in [-0.3, -0.25) is 0 Å². The molecule has 0 amide bonds. The standard InChI is InChI=1S/C25H37N3O4S2/c1-16(18-7-5-4-6-8-18)26-25-27-17(2)24(33-25)19-9-14-22(32-3)23(15-19)34(30,31)28-20-10-12-21(29)13-11-20/h9,14-16,18,20-21,28-29H,4-8,10-13H2,1-3H3,(H,26,27). The molecule has 2 fully saturated rings. The van der Waals surface area contributed by atoms with Gasteiger partial charge >= 0.3 is 0 Å². The Labute approximate surface area is 207 Å². The van der Waals surface area contributed by atoms with Crippen LogP contribution in [-0.4, -0.2) is 43.8 Å². The maximum Gasteiger partial charge on any atom is 0.244 e. The number of anilines is 1. The van der Waals surface area contributed by atoms with Crippen LogP contribution < -0.4 is 14.8 Å². The summed E-state index contributed by atoms with van der Waals surface area (Å²) in [4.78, 5) is 5.84. The van der Waals surface area contributed by atoms with Gasteiger partial charge in [-0.15, -0.1) is 0 Å². The molecule has 34 heavy (non-hydrogen) atoms. The summed E-state index contributed by atoms with van der Waals surface area (Å²) in [6.07, 6.45) is 8.61. The zero-order valence-electron chi connectivity index (χ0n) is 20.3. The Balaban J connectivity index is 1.55. The number of sulfonamides is 1. The lowest BCUT2D eigenvalue weighted by atomic mass is 9.85. The molecule has 1 aromatic heterocycles. The Bertz CT molecular complexity index is 1070. The van der Waals surface area contributed by atoms with E-state index < -0.39 is 10.0 Å². The van der Waals surface area contributed by atoms with Gasteiger partial charge in [0, 0.05) is 12.1 Å². The van der Waals surface area contributed by atoms with Crippen molar-refractivity contribution in [2.24, 2.45) is 5.92 Å². The van der Waals surface area contributed by atoms with Crippen LogP contribution in [0.4, 0.5) is 5.13 Å². The van der Waals surface area contributed by atoms with Crippen LogP contribution in [0.2, 0.25) is 0 Å². The molecule has 0 bridgehead atoms. The van der Waals surface area contributed by atoms with E-state index >= 15 is 0 Å². The zero-order valence-corrected chi connectivity index (χ0v) is 22.0. The highest BCUT2D eigenvalue weighted by atomic mass is 32.2. The highest BCUT2D eigenvalue weighted by Gasteiger charge is 2.28. The minimum atomic E-state index is -3.78. The summed E-state index contributed by atoms with van der Waals surface area (Å²) >= 11 is 1.57. The highest BCUT2D eigenvalue weighted by molar-refractivity contribution is 7.89. The van der Waals surface area contributed by atoms with Crippen molar-refractivity contribution in [1.29, 1.82) is 0 Å². The first-order valence-electron chi connectivity index (χ1n) is 12.4. The first-order chi connectivity index (χ1) is 16.3. The molecule has 1 aromatic carbocycles. The molecule has 2 aliphatic carbocycles. The lowest BCUT2D eigenvalue weighted by Gasteiger charge is -2.28. The highest BCUT2D eigenvalue weighted by Crippen LogP contribution is 2.38. The van der Waals surface area contributed by atoms with Crippen molar-refractivity contribution in [2.45, 2.75) is 94.7 Å². The van der Waals surface area contributed by atoms with Crippen molar-refractivity contribution < 1.29 is 18.3 Å². The van der Waals surface area contributed by atoms with E-state index in [0.29, 0.717) is 43.4 Å². The van der Waals surface area contributed by atoms with Crippen LogP contribution in [0.3, 0.4) is 0 Å². The number of benzene rings is 1. The predicted octanol–water partition coefficient (Wildman–Crippen LogP) is 5.09. The van der Waals surface area contributed by atoms with Crippen LogP contribution in [0.15, 0.2) is 23.1 Å². The number of thiazole rings is 1. The number of aliphatic hydroxyl groups excluding tert-OH is 1. The molecule has 2 aromatic rings. The van der Waals surface area contributed by atoms with Gasteiger partial charge in [-0.2, -0.15) is 0 Å². The summed E-state index contributed by atoms with van der Waals surface area (Å²) < 4.78 is 34.8. The first-order valence-corrected chi connectivity index (χ1v) is 14.7. The topological polar surface area (TPSA) is 101 Å². The summed E-state index contributed by atoms with van der Waals surface area (Å²) in [5, 5.41) is 14.2. The van der Waals surface area contributed by atoms with E-state index in [9.17, 15) is 13.5 Å². The average Bonchev–Trinajstić information content (AvgIpc) is 3.20. The molecule has 0 saturated heterocycles. The van der Waals surface area contributed by atoms with Gasteiger partial charge < -0.3 is 15.2 Å². The largest absolute Gasteiger partial charge is 0.495 e. The van der Waals surface area contributed by atoms with E-state index in [0.717, 1.165) is 21.3 Å². The Morgan fingerprint density at radius 1 is 1.12 bits per heavy atom. The summed E-state index contributed by atoms with van der Waals surface area (Å²) in [7, 11) is -2.29. The quantitative estimate of drug-likeness (QED) is 0.460. The fourth-order valence-corrected chi connectivity index (χ4v) is 7.74. The second-order valence-corrected chi connectivity index (χ2v) is 12.4. The van der Waals surface area contributed by atoms with Crippen LogP contribution in [0.25, 0.3) is 10.4 Å². The SMILES string of the molecule is COc1ccc(-c2sc(NC(C)C3CCCCC3)nc2C)cc1S(=O)(=O)NC1CCC(O)CC1. The van der Waals surface area contributed by atoms with Gasteiger partial charge in [0.05, 0.1) is 23.8 Å². The molecule has 0 radical (unpaired) electrons. The molecule has 9 heteroatoms. The predicted molar refractivity (Wildman–Crippen MR) is 137 cm³/mol. The van der Waals surface area contributed by atoms with E-state index in [-0.39, 0.29) is 17.0 Å². The molecule has 1 atom stereocenters.